The quantitative estimate of drug-likeness (QED) is 0.669. The second kappa shape index (κ2) is 4.55. The first-order valence-electron chi connectivity index (χ1n) is 5.78. The highest BCUT2D eigenvalue weighted by Crippen LogP contribution is 2.13. The van der Waals surface area contributed by atoms with E-state index in [9.17, 15) is 4.79 Å². The summed E-state index contributed by atoms with van der Waals surface area (Å²) in [7, 11) is 0. The summed E-state index contributed by atoms with van der Waals surface area (Å²) in [5.74, 6) is 0. The van der Waals surface area contributed by atoms with E-state index in [1.54, 1.807) is 15.2 Å². The Bertz CT molecular complexity index is 806. The molecule has 0 aliphatic carbocycles. The smallest absolute Gasteiger partial charge is 0.280 e. The number of hydrogen-bond donors (Lipinski definition) is 0. The van der Waals surface area contributed by atoms with Gasteiger partial charge in [-0.05, 0) is 30.9 Å². The van der Waals surface area contributed by atoms with E-state index >= 15 is 0 Å². The third-order valence-electron chi connectivity index (χ3n) is 2.90. The summed E-state index contributed by atoms with van der Waals surface area (Å²) in [5.41, 5.74) is 2.12. The molecular weight excluding hydrogens is 260 g/mol. The van der Waals surface area contributed by atoms with Crippen molar-refractivity contribution in [3.8, 4) is 5.69 Å². The van der Waals surface area contributed by atoms with Crippen LogP contribution in [0.2, 0.25) is 0 Å². The molecule has 0 atom stereocenters. The van der Waals surface area contributed by atoms with E-state index in [2.05, 4.69) is 10.2 Å². The molecule has 6 heteroatoms. The number of nitrogens with zero attached hydrogens (tertiary/aromatic N) is 4. The van der Waals surface area contributed by atoms with Gasteiger partial charge >= 0.3 is 5.56 Å². The minimum Gasteiger partial charge on any atom is -0.280 e. The Balaban J connectivity index is 2.27. The van der Waals surface area contributed by atoms with Crippen LogP contribution in [0.15, 0.2) is 46.6 Å². The van der Waals surface area contributed by atoms with Crippen LogP contribution in [0, 0.1) is 6.92 Å². The summed E-state index contributed by atoms with van der Waals surface area (Å²) in [6, 6.07) is 7.79. The zero-order valence-corrected chi connectivity index (χ0v) is 11.4. The maximum Gasteiger partial charge on any atom is 0.300 e. The molecule has 0 amide bonds. The first kappa shape index (κ1) is 12.0. The van der Waals surface area contributed by atoms with Gasteiger partial charge in [-0.25, -0.2) is 0 Å². The molecule has 2 aromatic heterocycles. The molecule has 0 aliphatic rings. The Morgan fingerprint density at radius 1 is 1.21 bits per heavy atom. The third kappa shape index (κ3) is 1.94. The van der Waals surface area contributed by atoms with E-state index in [1.807, 2.05) is 43.6 Å². The maximum atomic E-state index is 12.4. The summed E-state index contributed by atoms with van der Waals surface area (Å²) in [6.07, 6.45) is 5.46. The van der Waals surface area contributed by atoms with Gasteiger partial charge in [0.15, 0.2) is 5.16 Å². The van der Waals surface area contributed by atoms with Crippen molar-refractivity contribution in [2.24, 2.45) is 0 Å². The summed E-state index contributed by atoms with van der Waals surface area (Å²) in [5, 5.41) is 8.66. The molecule has 19 heavy (non-hydrogen) atoms. The number of aryl methyl sites for hydroxylation is 1. The van der Waals surface area contributed by atoms with E-state index < -0.39 is 0 Å². The maximum absolute atomic E-state index is 12.4. The molecule has 0 radical (unpaired) electrons. The molecule has 0 aliphatic heterocycles. The lowest BCUT2D eigenvalue weighted by Gasteiger charge is -2.06. The molecule has 0 bridgehead atoms. The summed E-state index contributed by atoms with van der Waals surface area (Å²) in [4.78, 5) is 12.4. The Labute approximate surface area is 113 Å². The van der Waals surface area contributed by atoms with Crippen molar-refractivity contribution in [1.82, 2.24) is 19.2 Å². The van der Waals surface area contributed by atoms with Gasteiger partial charge in [0.1, 0.15) is 0 Å². The van der Waals surface area contributed by atoms with Gasteiger partial charge in [-0.1, -0.05) is 23.9 Å². The molecule has 0 saturated heterocycles. The van der Waals surface area contributed by atoms with Crippen LogP contribution in [0.1, 0.15) is 5.56 Å². The van der Waals surface area contributed by atoms with Crippen LogP contribution in [0.4, 0.5) is 0 Å². The summed E-state index contributed by atoms with van der Waals surface area (Å²) in [6.45, 7) is 2.00. The normalized spacial score (nSPS) is 11.1. The predicted molar refractivity (Wildman–Crippen MR) is 75.1 cm³/mol. The standard InChI is InChI=1S/C13H12N4OS/c1-9-4-3-5-10(8-9)16-6-7-17-11(12(16)18)14-15-13(17)19-2/h3-8H,1-2H3. The van der Waals surface area contributed by atoms with Crippen molar-refractivity contribution in [3.63, 3.8) is 0 Å². The largest absolute Gasteiger partial charge is 0.300 e. The second-order valence-corrected chi connectivity index (χ2v) is 4.97. The molecule has 2 heterocycles. The van der Waals surface area contributed by atoms with E-state index in [4.69, 9.17) is 0 Å². The highest BCUT2D eigenvalue weighted by Gasteiger charge is 2.10. The minimum atomic E-state index is -0.166. The highest BCUT2D eigenvalue weighted by molar-refractivity contribution is 7.98. The van der Waals surface area contributed by atoms with Gasteiger partial charge in [0.05, 0.1) is 0 Å². The van der Waals surface area contributed by atoms with E-state index in [-0.39, 0.29) is 5.56 Å². The second-order valence-electron chi connectivity index (χ2n) is 4.19. The molecule has 3 rings (SSSR count). The fourth-order valence-corrected chi connectivity index (χ4v) is 2.45. The minimum absolute atomic E-state index is 0.166. The number of benzene rings is 1. The van der Waals surface area contributed by atoms with Gasteiger partial charge in [-0.3, -0.25) is 13.8 Å². The van der Waals surface area contributed by atoms with Crippen LogP contribution >= 0.6 is 11.8 Å². The van der Waals surface area contributed by atoms with Gasteiger partial charge in [0.2, 0.25) is 5.65 Å². The Hall–Kier alpha value is -2.08. The molecule has 0 unspecified atom stereocenters. The van der Waals surface area contributed by atoms with Gasteiger partial charge in [-0.15, -0.1) is 10.2 Å². The van der Waals surface area contributed by atoms with Crippen LogP contribution in [0.3, 0.4) is 0 Å². The van der Waals surface area contributed by atoms with Gasteiger partial charge in [-0.2, -0.15) is 0 Å². The number of hydrogen-bond acceptors (Lipinski definition) is 4. The van der Waals surface area contributed by atoms with Crippen molar-refractivity contribution in [3.05, 3.63) is 52.6 Å². The molecule has 0 fully saturated rings. The SMILES string of the molecule is CSc1nnc2c(=O)n(-c3cccc(C)c3)ccn12. The summed E-state index contributed by atoms with van der Waals surface area (Å²) < 4.78 is 3.29. The fourth-order valence-electron chi connectivity index (χ4n) is 1.99. The van der Waals surface area contributed by atoms with Crippen molar-refractivity contribution in [1.29, 1.82) is 0 Å². The molecule has 0 saturated carbocycles. The van der Waals surface area contributed by atoms with E-state index in [1.165, 1.54) is 11.8 Å². The van der Waals surface area contributed by atoms with Crippen LogP contribution in [-0.4, -0.2) is 25.4 Å². The molecule has 0 spiro atoms. The first-order valence-corrected chi connectivity index (χ1v) is 7.00. The fraction of sp³-hybridized carbons (Fsp3) is 0.154. The van der Waals surface area contributed by atoms with Crippen molar-refractivity contribution >= 4 is 17.4 Å². The Morgan fingerprint density at radius 2 is 2.05 bits per heavy atom. The third-order valence-corrected chi connectivity index (χ3v) is 3.55. The lowest BCUT2D eigenvalue weighted by molar-refractivity contribution is 0.895. The van der Waals surface area contributed by atoms with Gasteiger partial charge in [0, 0.05) is 18.1 Å². The molecule has 1 aromatic carbocycles. The molecule has 96 valence electrons. The topological polar surface area (TPSA) is 52.2 Å². The predicted octanol–water partition coefficient (Wildman–Crippen LogP) is 1.91. The van der Waals surface area contributed by atoms with Crippen LogP contribution < -0.4 is 5.56 Å². The monoisotopic (exact) mass is 272 g/mol. The van der Waals surface area contributed by atoms with Crippen LogP contribution in [-0.2, 0) is 0 Å². The zero-order valence-electron chi connectivity index (χ0n) is 10.6. The number of aromatic nitrogens is 4. The average molecular weight is 272 g/mol. The van der Waals surface area contributed by atoms with Crippen molar-refractivity contribution in [2.45, 2.75) is 12.1 Å². The number of thioether (sulfide) groups is 1. The lowest BCUT2D eigenvalue weighted by atomic mass is 10.2. The molecule has 0 N–H and O–H groups in total. The molecule has 3 aromatic rings. The van der Waals surface area contributed by atoms with Gasteiger partial charge < -0.3 is 0 Å². The first-order chi connectivity index (χ1) is 9.20. The van der Waals surface area contributed by atoms with Crippen LogP contribution in [0.5, 0.6) is 0 Å². The number of fused-ring (bicyclic) bond motifs is 1. The lowest BCUT2D eigenvalue weighted by Crippen LogP contribution is -2.20. The van der Waals surface area contributed by atoms with Gasteiger partial charge in [0.25, 0.3) is 0 Å². The van der Waals surface area contributed by atoms with Crippen LogP contribution in [0.25, 0.3) is 11.3 Å². The number of rotatable bonds is 2. The van der Waals surface area contributed by atoms with E-state index in [0.29, 0.717) is 10.8 Å². The van der Waals surface area contributed by atoms with Crippen molar-refractivity contribution < 1.29 is 0 Å². The zero-order chi connectivity index (χ0) is 13.4. The molecular formula is C13H12N4OS. The Kier molecular flexibility index (Phi) is 2.87. The van der Waals surface area contributed by atoms with E-state index in [0.717, 1.165) is 11.3 Å². The highest BCUT2D eigenvalue weighted by atomic mass is 32.2. The Morgan fingerprint density at radius 3 is 2.79 bits per heavy atom. The molecule has 5 nitrogen and oxygen atoms in total. The summed E-state index contributed by atoms with van der Waals surface area (Å²) >= 11 is 1.46. The van der Waals surface area contributed by atoms with Crippen molar-refractivity contribution in [2.75, 3.05) is 6.26 Å². The average Bonchev–Trinajstić information content (AvgIpc) is 2.83.